The lowest BCUT2D eigenvalue weighted by molar-refractivity contribution is 0.835. The van der Waals surface area contributed by atoms with E-state index >= 15 is 0 Å². The Morgan fingerprint density at radius 3 is 1.74 bits per heavy atom. The first-order chi connectivity index (χ1) is 15.1. The van der Waals surface area contributed by atoms with Gasteiger partial charge in [-0.2, -0.15) is 0 Å². The lowest BCUT2D eigenvalue weighted by Crippen LogP contribution is -1.96. The largest absolute Gasteiger partial charge is 0.359 e. The first kappa shape index (κ1) is 19.6. The van der Waals surface area contributed by atoms with Gasteiger partial charge < -0.3 is 4.98 Å². The van der Waals surface area contributed by atoms with Crippen molar-refractivity contribution in [1.29, 1.82) is 0 Å². The van der Waals surface area contributed by atoms with Crippen LogP contribution >= 0.6 is 0 Å². The third kappa shape index (κ3) is 3.23. The summed E-state index contributed by atoms with van der Waals surface area (Å²) in [6.45, 7) is 8.95. The lowest BCUT2D eigenvalue weighted by atomic mass is 9.93. The normalized spacial score (nSPS) is 12.3. The molecule has 2 heteroatoms. The Balaban J connectivity index is 1.77. The monoisotopic (exact) mass is 404 g/mol. The molecule has 0 bridgehead atoms. The molecule has 0 aliphatic rings. The fourth-order valence-corrected chi connectivity index (χ4v) is 4.72. The Hall–Kier alpha value is -3.39. The summed E-state index contributed by atoms with van der Waals surface area (Å²) in [7, 11) is 0. The van der Waals surface area contributed by atoms with Crippen LogP contribution in [0.25, 0.3) is 32.3 Å². The number of benzene rings is 4. The molecule has 0 unspecified atom stereocenters. The van der Waals surface area contributed by atoms with E-state index in [4.69, 9.17) is 4.99 Å². The number of nitrogens with zero attached hydrogens (tertiary/aromatic N) is 1. The van der Waals surface area contributed by atoms with Crippen LogP contribution in [-0.2, 0) is 0 Å². The molecule has 0 aliphatic carbocycles. The fraction of sp³-hybridized carbons (Fsp3) is 0.207. The molecule has 1 heterocycles. The van der Waals surface area contributed by atoms with Crippen molar-refractivity contribution in [1.82, 2.24) is 4.98 Å². The summed E-state index contributed by atoms with van der Waals surface area (Å²) in [5.74, 6) is 0.854. The molecule has 154 valence electrons. The summed E-state index contributed by atoms with van der Waals surface area (Å²) in [6.07, 6.45) is 4.15. The predicted molar refractivity (Wildman–Crippen MR) is 135 cm³/mol. The summed E-state index contributed by atoms with van der Waals surface area (Å²) >= 11 is 0. The molecule has 4 aromatic carbocycles. The van der Waals surface area contributed by atoms with E-state index in [0.29, 0.717) is 11.8 Å². The number of hydrogen-bond acceptors (Lipinski definition) is 1. The van der Waals surface area contributed by atoms with Gasteiger partial charge in [0.05, 0.1) is 17.6 Å². The van der Waals surface area contributed by atoms with Crippen molar-refractivity contribution in [3.05, 3.63) is 89.7 Å². The Kier molecular flexibility index (Phi) is 4.86. The molecular weight excluding hydrogens is 376 g/mol. The van der Waals surface area contributed by atoms with Crippen LogP contribution in [0.2, 0.25) is 0 Å². The van der Waals surface area contributed by atoms with Crippen molar-refractivity contribution in [3.8, 4) is 0 Å². The van der Waals surface area contributed by atoms with Gasteiger partial charge in [0.1, 0.15) is 0 Å². The number of aromatic nitrogens is 1. The molecular formula is C29H28N2. The van der Waals surface area contributed by atoms with Crippen LogP contribution in [0, 0.1) is 0 Å². The second kappa shape index (κ2) is 7.70. The summed E-state index contributed by atoms with van der Waals surface area (Å²) in [4.78, 5) is 8.59. The molecule has 5 aromatic rings. The van der Waals surface area contributed by atoms with E-state index in [-0.39, 0.29) is 0 Å². The maximum Gasteiger partial charge on any atom is 0.0699 e. The van der Waals surface area contributed by atoms with Crippen LogP contribution in [0.1, 0.15) is 56.4 Å². The minimum atomic E-state index is 0.427. The Labute approximate surface area is 183 Å². The maximum absolute atomic E-state index is 5.07. The van der Waals surface area contributed by atoms with Crippen molar-refractivity contribution in [3.63, 3.8) is 0 Å². The van der Waals surface area contributed by atoms with Crippen molar-refractivity contribution >= 4 is 44.2 Å². The zero-order valence-electron chi connectivity index (χ0n) is 18.6. The minimum absolute atomic E-state index is 0.427. The van der Waals surface area contributed by atoms with E-state index in [1.54, 1.807) is 0 Å². The number of rotatable bonds is 4. The molecule has 2 nitrogen and oxygen atoms in total. The molecule has 0 fully saturated rings. The maximum atomic E-state index is 5.07. The third-order valence-electron chi connectivity index (χ3n) is 6.28. The van der Waals surface area contributed by atoms with E-state index in [0.717, 1.165) is 11.4 Å². The summed E-state index contributed by atoms with van der Waals surface area (Å²) < 4.78 is 0. The second-order valence-electron chi connectivity index (χ2n) is 8.93. The quantitative estimate of drug-likeness (QED) is 0.230. The summed E-state index contributed by atoms with van der Waals surface area (Å²) in [5, 5.41) is 7.60. The van der Waals surface area contributed by atoms with E-state index < -0.39 is 0 Å². The molecule has 1 N–H and O–H groups in total. The Bertz CT molecular complexity index is 1410. The van der Waals surface area contributed by atoms with Gasteiger partial charge in [0.2, 0.25) is 0 Å². The number of nitrogens with one attached hydrogen (secondary N) is 1. The zero-order chi connectivity index (χ0) is 21.5. The lowest BCUT2D eigenvalue weighted by Gasteiger charge is -2.16. The number of H-pyrrole nitrogens is 1. The highest BCUT2D eigenvalue weighted by Gasteiger charge is 2.15. The van der Waals surface area contributed by atoms with Gasteiger partial charge in [-0.15, -0.1) is 0 Å². The average molecular weight is 405 g/mol. The molecule has 5 rings (SSSR count). The average Bonchev–Trinajstić information content (AvgIpc) is 3.22. The number of para-hydroxylation sites is 1. The SMILES string of the molecule is CC(C)c1cccc(C(C)C)c1N=Cc1[nH]cc2c3ccccc3c3ccccc3c12. The molecule has 0 aliphatic heterocycles. The Morgan fingerprint density at radius 1 is 0.645 bits per heavy atom. The Morgan fingerprint density at radius 2 is 1.16 bits per heavy atom. The molecule has 0 amide bonds. The van der Waals surface area contributed by atoms with Crippen molar-refractivity contribution in [2.45, 2.75) is 39.5 Å². The highest BCUT2D eigenvalue weighted by Crippen LogP contribution is 2.37. The fourth-order valence-electron chi connectivity index (χ4n) is 4.72. The topological polar surface area (TPSA) is 28.1 Å². The number of fused-ring (bicyclic) bond motifs is 6. The number of aromatic amines is 1. The van der Waals surface area contributed by atoms with Gasteiger partial charge in [-0.25, -0.2) is 0 Å². The van der Waals surface area contributed by atoms with Gasteiger partial charge in [0.15, 0.2) is 0 Å². The standard InChI is InChI=1S/C29H28N2/c1-18(2)20-14-9-15-21(19(3)4)29(20)31-17-27-28-25-13-8-7-11-23(25)22-10-5-6-12-24(22)26(28)16-30-27/h5-19,30H,1-4H3. The number of hydrogen-bond donors (Lipinski definition) is 1. The first-order valence-corrected chi connectivity index (χ1v) is 11.1. The molecule has 1 aromatic heterocycles. The number of aliphatic imine (C=N–C) groups is 1. The molecule has 0 atom stereocenters. The second-order valence-corrected chi connectivity index (χ2v) is 8.93. The van der Waals surface area contributed by atoms with Crippen LogP contribution < -0.4 is 0 Å². The molecule has 31 heavy (non-hydrogen) atoms. The molecule has 0 saturated carbocycles. The van der Waals surface area contributed by atoms with E-state index in [2.05, 4.69) is 106 Å². The third-order valence-corrected chi connectivity index (χ3v) is 6.28. The minimum Gasteiger partial charge on any atom is -0.359 e. The van der Waals surface area contributed by atoms with Crippen LogP contribution in [0.4, 0.5) is 5.69 Å². The van der Waals surface area contributed by atoms with Crippen LogP contribution in [0.15, 0.2) is 77.9 Å². The zero-order valence-corrected chi connectivity index (χ0v) is 18.6. The van der Waals surface area contributed by atoms with Crippen molar-refractivity contribution < 1.29 is 0 Å². The van der Waals surface area contributed by atoms with Crippen LogP contribution in [0.5, 0.6) is 0 Å². The molecule has 0 radical (unpaired) electrons. The van der Waals surface area contributed by atoms with Gasteiger partial charge >= 0.3 is 0 Å². The van der Waals surface area contributed by atoms with E-state index in [9.17, 15) is 0 Å². The van der Waals surface area contributed by atoms with E-state index in [1.807, 2.05) is 6.21 Å². The highest BCUT2D eigenvalue weighted by molar-refractivity contribution is 6.28. The van der Waals surface area contributed by atoms with Crippen molar-refractivity contribution in [2.75, 3.05) is 0 Å². The van der Waals surface area contributed by atoms with Gasteiger partial charge in [0, 0.05) is 17.0 Å². The van der Waals surface area contributed by atoms with Crippen LogP contribution in [0.3, 0.4) is 0 Å². The summed E-state index contributed by atoms with van der Waals surface area (Å²) in [5.41, 5.74) is 4.77. The molecule has 0 spiro atoms. The molecule has 0 saturated heterocycles. The van der Waals surface area contributed by atoms with Gasteiger partial charge in [-0.05, 0) is 44.5 Å². The van der Waals surface area contributed by atoms with Crippen molar-refractivity contribution in [2.24, 2.45) is 4.99 Å². The van der Waals surface area contributed by atoms with E-state index in [1.165, 1.54) is 43.4 Å². The van der Waals surface area contributed by atoms with Gasteiger partial charge in [0.25, 0.3) is 0 Å². The highest BCUT2D eigenvalue weighted by atomic mass is 14.8. The first-order valence-electron chi connectivity index (χ1n) is 11.1. The summed E-state index contributed by atoms with van der Waals surface area (Å²) in [6, 6.07) is 23.9. The van der Waals surface area contributed by atoms with Gasteiger partial charge in [-0.3, -0.25) is 4.99 Å². The predicted octanol–water partition coefficient (Wildman–Crippen LogP) is 8.47. The van der Waals surface area contributed by atoms with Gasteiger partial charge in [-0.1, -0.05) is 94.4 Å². The van der Waals surface area contributed by atoms with Crippen LogP contribution in [-0.4, -0.2) is 11.2 Å². The smallest absolute Gasteiger partial charge is 0.0699 e.